The number of phosphoric acid groups is 1. The molecular formula is C10H13N5O7P-. The molecule has 1 unspecified atom stereocenters. The molecule has 13 heteroatoms. The minimum absolute atomic E-state index is 0.0944. The quantitative estimate of drug-likeness (QED) is 0.428. The van der Waals surface area contributed by atoms with Crippen LogP contribution >= 0.6 is 7.82 Å². The van der Waals surface area contributed by atoms with E-state index in [1.54, 1.807) is 0 Å². The maximum absolute atomic E-state index is 10.6. The Morgan fingerprint density at radius 1 is 1.39 bits per heavy atom. The SMILES string of the molecule is Nc1ncnc2ncn([C@@H]3O[C@H](COP(=O)([O-])O)[C@@H](O)[C@H]3O)c12. The van der Waals surface area contributed by atoms with E-state index in [2.05, 4.69) is 19.5 Å². The summed E-state index contributed by atoms with van der Waals surface area (Å²) < 4.78 is 21.5. The first kappa shape index (κ1) is 16.2. The third kappa shape index (κ3) is 3.05. The molecule has 0 saturated carbocycles. The minimum atomic E-state index is -4.97. The normalized spacial score (nSPS) is 30.6. The summed E-state index contributed by atoms with van der Waals surface area (Å²) in [7, 11) is -4.97. The monoisotopic (exact) mass is 346 g/mol. The molecule has 2 aromatic rings. The third-order valence-corrected chi connectivity index (χ3v) is 3.88. The van der Waals surface area contributed by atoms with E-state index >= 15 is 0 Å². The number of rotatable bonds is 4. The molecule has 0 aromatic carbocycles. The van der Waals surface area contributed by atoms with E-state index in [-0.39, 0.29) is 11.5 Å². The average molecular weight is 346 g/mol. The standard InChI is InChI=1S/C10H14N5O7P/c11-8-5-9(13-2-12-8)14-3-15(5)10-7(17)6(16)4(22-10)1-21-23(18,19)20/h2-4,6-7,10,16-17H,1H2,(H2,11,12,13)(H2,18,19,20)/p-1/t4-,6-,7-,10-/m1/s1. The van der Waals surface area contributed by atoms with Gasteiger partial charge in [0.15, 0.2) is 17.7 Å². The lowest BCUT2D eigenvalue weighted by Crippen LogP contribution is -2.34. The maximum atomic E-state index is 10.6. The van der Waals surface area contributed by atoms with Crippen LogP contribution in [-0.2, 0) is 13.8 Å². The zero-order valence-electron chi connectivity index (χ0n) is 11.5. The van der Waals surface area contributed by atoms with Crippen LogP contribution in [0.2, 0.25) is 0 Å². The van der Waals surface area contributed by atoms with Gasteiger partial charge in [-0.2, -0.15) is 0 Å². The Kier molecular flexibility index (Phi) is 4.06. The van der Waals surface area contributed by atoms with Crippen LogP contribution in [0.25, 0.3) is 11.2 Å². The van der Waals surface area contributed by atoms with Gasteiger partial charge in [-0.3, -0.25) is 9.13 Å². The highest BCUT2D eigenvalue weighted by Gasteiger charge is 2.44. The van der Waals surface area contributed by atoms with Crippen LogP contribution in [-0.4, -0.2) is 59.5 Å². The fourth-order valence-corrected chi connectivity index (χ4v) is 2.69. The molecule has 1 fully saturated rings. The van der Waals surface area contributed by atoms with Crippen LogP contribution in [0.5, 0.6) is 0 Å². The number of nitrogens with zero attached hydrogens (tertiary/aromatic N) is 4. The fourth-order valence-electron chi connectivity index (χ4n) is 2.36. The molecule has 12 nitrogen and oxygen atoms in total. The first-order valence-electron chi connectivity index (χ1n) is 6.41. The van der Waals surface area contributed by atoms with Crippen molar-refractivity contribution in [3.05, 3.63) is 12.7 Å². The third-order valence-electron chi connectivity index (χ3n) is 3.41. The Bertz CT molecular complexity index is 763. The van der Waals surface area contributed by atoms with Gasteiger partial charge in [0.1, 0.15) is 36.5 Å². The Hall–Kier alpha value is -1.66. The zero-order chi connectivity index (χ0) is 16.8. The number of phosphoric ester groups is 1. The van der Waals surface area contributed by atoms with Crippen LogP contribution in [0.1, 0.15) is 6.23 Å². The maximum Gasteiger partial charge on any atom is 0.265 e. The van der Waals surface area contributed by atoms with E-state index in [1.165, 1.54) is 17.2 Å². The van der Waals surface area contributed by atoms with Crippen LogP contribution in [0.3, 0.4) is 0 Å². The molecule has 3 rings (SSSR count). The summed E-state index contributed by atoms with van der Waals surface area (Å²) in [6, 6.07) is 0. The van der Waals surface area contributed by atoms with Crippen molar-refractivity contribution in [3.8, 4) is 0 Å². The molecule has 2 aromatic heterocycles. The molecule has 0 radical (unpaired) electrons. The van der Waals surface area contributed by atoms with Crippen molar-refractivity contribution in [2.45, 2.75) is 24.5 Å². The van der Waals surface area contributed by atoms with Gasteiger partial charge in [0.25, 0.3) is 7.82 Å². The van der Waals surface area contributed by atoms with Crippen molar-refractivity contribution in [1.82, 2.24) is 19.5 Å². The van der Waals surface area contributed by atoms with Gasteiger partial charge in [-0.25, -0.2) is 15.0 Å². The molecule has 1 aliphatic heterocycles. The molecule has 0 bridgehead atoms. The van der Waals surface area contributed by atoms with Crippen molar-refractivity contribution in [2.75, 3.05) is 12.3 Å². The molecule has 1 saturated heterocycles. The highest BCUT2D eigenvalue weighted by Crippen LogP contribution is 2.36. The van der Waals surface area contributed by atoms with Gasteiger partial charge in [0.05, 0.1) is 6.61 Å². The van der Waals surface area contributed by atoms with Gasteiger partial charge in [-0.05, 0) is 0 Å². The van der Waals surface area contributed by atoms with E-state index < -0.39 is 39.0 Å². The van der Waals surface area contributed by atoms with Crippen LogP contribution < -0.4 is 10.6 Å². The van der Waals surface area contributed by atoms with Gasteiger partial charge in [0.2, 0.25) is 0 Å². The Labute approximate surface area is 128 Å². The van der Waals surface area contributed by atoms with E-state index in [4.69, 9.17) is 15.4 Å². The number of hydrogen-bond acceptors (Lipinski definition) is 10. The smallest absolute Gasteiger partial charge is 0.265 e. The Morgan fingerprint density at radius 3 is 2.83 bits per heavy atom. The number of aromatic nitrogens is 4. The molecular weight excluding hydrogens is 333 g/mol. The van der Waals surface area contributed by atoms with E-state index in [1.807, 2.05) is 0 Å². The first-order valence-corrected chi connectivity index (χ1v) is 7.90. The van der Waals surface area contributed by atoms with Gasteiger partial charge >= 0.3 is 0 Å². The minimum Gasteiger partial charge on any atom is -0.756 e. The summed E-state index contributed by atoms with van der Waals surface area (Å²) in [5.74, 6) is 0.0944. The van der Waals surface area contributed by atoms with Crippen molar-refractivity contribution in [2.24, 2.45) is 0 Å². The van der Waals surface area contributed by atoms with Crippen molar-refractivity contribution < 1.29 is 33.8 Å². The van der Waals surface area contributed by atoms with Crippen LogP contribution in [0.4, 0.5) is 5.82 Å². The van der Waals surface area contributed by atoms with Crippen LogP contribution in [0.15, 0.2) is 12.7 Å². The molecule has 5 atom stereocenters. The van der Waals surface area contributed by atoms with E-state index in [0.717, 1.165) is 0 Å². The lowest BCUT2D eigenvalue weighted by molar-refractivity contribution is -0.222. The highest BCUT2D eigenvalue weighted by molar-refractivity contribution is 7.44. The predicted octanol–water partition coefficient (Wildman–Crippen LogP) is -2.49. The van der Waals surface area contributed by atoms with Crippen molar-refractivity contribution in [1.29, 1.82) is 0 Å². The molecule has 126 valence electrons. The molecule has 0 spiro atoms. The second-order valence-electron chi connectivity index (χ2n) is 4.89. The number of nitrogen functional groups attached to an aromatic ring is 1. The van der Waals surface area contributed by atoms with Gasteiger partial charge < -0.3 is 35.0 Å². The Morgan fingerprint density at radius 2 is 2.13 bits per heavy atom. The Balaban J connectivity index is 1.87. The number of imidazole rings is 1. The number of fused-ring (bicyclic) bond motifs is 1. The number of nitrogens with two attached hydrogens (primary N) is 1. The second-order valence-corrected chi connectivity index (χ2v) is 6.09. The van der Waals surface area contributed by atoms with Crippen molar-refractivity contribution >= 4 is 24.8 Å². The van der Waals surface area contributed by atoms with Gasteiger partial charge in [0, 0.05) is 0 Å². The largest absolute Gasteiger partial charge is 0.756 e. The summed E-state index contributed by atoms with van der Waals surface area (Å²) >= 11 is 0. The molecule has 3 heterocycles. The number of ether oxygens (including phenoxy) is 1. The van der Waals surface area contributed by atoms with Crippen LogP contribution in [0, 0.1) is 0 Å². The summed E-state index contributed by atoms with van der Waals surface area (Å²) in [5, 5.41) is 20.0. The summed E-state index contributed by atoms with van der Waals surface area (Å²) in [6.45, 7) is -0.662. The molecule has 0 aliphatic carbocycles. The molecule has 0 amide bonds. The highest BCUT2D eigenvalue weighted by atomic mass is 31.2. The number of aliphatic hydroxyl groups excluding tert-OH is 2. The number of hydrogen-bond donors (Lipinski definition) is 4. The molecule has 1 aliphatic rings. The first-order chi connectivity index (χ1) is 10.8. The van der Waals surface area contributed by atoms with Crippen molar-refractivity contribution in [3.63, 3.8) is 0 Å². The topological polar surface area (TPSA) is 189 Å². The van der Waals surface area contributed by atoms with E-state index in [0.29, 0.717) is 5.52 Å². The predicted molar refractivity (Wildman–Crippen MR) is 71.4 cm³/mol. The fraction of sp³-hybridized carbons (Fsp3) is 0.500. The summed E-state index contributed by atoms with van der Waals surface area (Å²) in [6.07, 6.45) is -2.64. The number of aliphatic hydroxyl groups is 2. The van der Waals surface area contributed by atoms with Gasteiger partial charge in [-0.15, -0.1) is 0 Å². The summed E-state index contributed by atoms with van der Waals surface area (Å²) in [4.78, 5) is 30.9. The second kappa shape index (κ2) is 5.76. The average Bonchev–Trinajstić information content (AvgIpc) is 3.01. The molecule has 23 heavy (non-hydrogen) atoms. The number of anilines is 1. The zero-order valence-corrected chi connectivity index (χ0v) is 12.4. The van der Waals surface area contributed by atoms with E-state index in [9.17, 15) is 19.7 Å². The lowest BCUT2D eigenvalue weighted by Gasteiger charge is -2.20. The molecule has 5 N–H and O–H groups in total. The van der Waals surface area contributed by atoms with Gasteiger partial charge in [-0.1, -0.05) is 0 Å². The summed E-state index contributed by atoms with van der Waals surface area (Å²) in [5.41, 5.74) is 6.31. The lowest BCUT2D eigenvalue weighted by atomic mass is 10.1.